The van der Waals surface area contributed by atoms with Crippen LogP contribution in [0.5, 0.6) is 0 Å². The number of likely N-dealkylation sites (tertiary alicyclic amines) is 1. The van der Waals surface area contributed by atoms with Gasteiger partial charge in [0.2, 0.25) is 11.8 Å². The number of nitrogens with zero attached hydrogens (tertiary/aromatic N) is 2. The number of piperazine rings is 1. The van der Waals surface area contributed by atoms with Crippen molar-refractivity contribution >= 4 is 11.8 Å². The summed E-state index contributed by atoms with van der Waals surface area (Å²) in [7, 11) is 0. The van der Waals surface area contributed by atoms with Gasteiger partial charge in [0.15, 0.2) is 0 Å². The van der Waals surface area contributed by atoms with Gasteiger partial charge in [0.25, 0.3) is 0 Å². The summed E-state index contributed by atoms with van der Waals surface area (Å²) >= 11 is 0. The van der Waals surface area contributed by atoms with Crippen LogP contribution in [0.15, 0.2) is 0 Å². The fourth-order valence-electron chi connectivity index (χ4n) is 3.08. The standard InChI is InChI=1S/C16H30N4O2/c21-15(14-20-11-4-2-1-3-6-16(20)22)18-7-5-10-19-12-8-17-9-13-19/h17H,1-14H2,(H,18,21). The number of rotatable bonds is 6. The molecule has 22 heavy (non-hydrogen) atoms. The molecular weight excluding hydrogens is 280 g/mol. The molecule has 2 N–H and O–H groups in total. The molecule has 2 saturated heterocycles. The van der Waals surface area contributed by atoms with E-state index in [1.807, 2.05) is 0 Å². The fraction of sp³-hybridized carbons (Fsp3) is 0.875. The lowest BCUT2D eigenvalue weighted by molar-refractivity contribution is -0.136. The van der Waals surface area contributed by atoms with Gasteiger partial charge in [-0.1, -0.05) is 12.8 Å². The smallest absolute Gasteiger partial charge is 0.239 e. The van der Waals surface area contributed by atoms with Crippen molar-refractivity contribution in [1.29, 1.82) is 0 Å². The summed E-state index contributed by atoms with van der Waals surface area (Å²) in [4.78, 5) is 28.1. The molecule has 6 nitrogen and oxygen atoms in total. The van der Waals surface area contributed by atoms with Crippen molar-refractivity contribution in [3.05, 3.63) is 0 Å². The molecule has 2 aliphatic heterocycles. The minimum absolute atomic E-state index is 0.0192. The van der Waals surface area contributed by atoms with E-state index in [1.54, 1.807) is 4.90 Å². The van der Waals surface area contributed by atoms with Crippen LogP contribution in [0.3, 0.4) is 0 Å². The fourth-order valence-corrected chi connectivity index (χ4v) is 3.08. The molecule has 0 aromatic heterocycles. The highest BCUT2D eigenvalue weighted by atomic mass is 16.2. The summed E-state index contributed by atoms with van der Waals surface area (Å²) in [5, 5.41) is 6.28. The monoisotopic (exact) mass is 310 g/mol. The van der Waals surface area contributed by atoms with Crippen LogP contribution in [0.1, 0.15) is 38.5 Å². The molecule has 0 unspecified atom stereocenters. The molecule has 126 valence electrons. The predicted octanol–water partition coefficient (Wildman–Crippen LogP) is 0.191. The van der Waals surface area contributed by atoms with Crippen LogP contribution < -0.4 is 10.6 Å². The zero-order chi connectivity index (χ0) is 15.6. The molecule has 2 heterocycles. The van der Waals surface area contributed by atoms with Gasteiger partial charge in [0.05, 0.1) is 6.54 Å². The lowest BCUT2D eigenvalue weighted by atomic mass is 10.1. The molecule has 6 heteroatoms. The van der Waals surface area contributed by atoms with Gasteiger partial charge in [-0.3, -0.25) is 9.59 Å². The first-order chi connectivity index (χ1) is 10.8. The van der Waals surface area contributed by atoms with E-state index in [2.05, 4.69) is 15.5 Å². The van der Waals surface area contributed by atoms with E-state index in [9.17, 15) is 9.59 Å². The Morgan fingerprint density at radius 3 is 2.68 bits per heavy atom. The molecule has 0 aliphatic carbocycles. The van der Waals surface area contributed by atoms with Crippen molar-refractivity contribution in [3.63, 3.8) is 0 Å². The lowest BCUT2D eigenvalue weighted by Crippen LogP contribution is -2.45. The average molecular weight is 310 g/mol. The van der Waals surface area contributed by atoms with Crippen LogP contribution in [0.4, 0.5) is 0 Å². The predicted molar refractivity (Wildman–Crippen MR) is 86.6 cm³/mol. The number of hydrogen-bond donors (Lipinski definition) is 2. The molecule has 0 atom stereocenters. The number of carbonyl (C=O) groups excluding carboxylic acids is 2. The van der Waals surface area contributed by atoms with Gasteiger partial charge in [-0.05, 0) is 25.8 Å². The second-order valence-corrected chi connectivity index (χ2v) is 6.27. The van der Waals surface area contributed by atoms with Gasteiger partial charge >= 0.3 is 0 Å². The third-order valence-electron chi connectivity index (χ3n) is 4.44. The third-order valence-corrected chi connectivity index (χ3v) is 4.44. The lowest BCUT2D eigenvalue weighted by Gasteiger charge is -2.27. The molecule has 0 aromatic rings. The van der Waals surface area contributed by atoms with Gasteiger partial charge in [0.1, 0.15) is 0 Å². The van der Waals surface area contributed by atoms with Gasteiger partial charge in [-0.25, -0.2) is 0 Å². The zero-order valence-corrected chi connectivity index (χ0v) is 13.6. The van der Waals surface area contributed by atoms with Crippen LogP contribution in [0, 0.1) is 0 Å². The first kappa shape index (κ1) is 17.2. The molecule has 0 bridgehead atoms. The Morgan fingerprint density at radius 1 is 1.09 bits per heavy atom. The first-order valence-electron chi connectivity index (χ1n) is 8.73. The Morgan fingerprint density at radius 2 is 1.86 bits per heavy atom. The Kier molecular flexibility index (Phi) is 7.66. The van der Waals surface area contributed by atoms with Crippen molar-refractivity contribution in [1.82, 2.24) is 20.4 Å². The maximum Gasteiger partial charge on any atom is 0.239 e. The highest BCUT2D eigenvalue weighted by Gasteiger charge is 2.18. The minimum Gasteiger partial charge on any atom is -0.355 e. The van der Waals surface area contributed by atoms with Crippen LogP contribution >= 0.6 is 0 Å². The normalized spacial score (nSPS) is 21.3. The molecule has 0 radical (unpaired) electrons. The van der Waals surface area contributed by atoms with Crippen LogP contribution in [0.25, 0.3) is 0 Å². The SMILES string of the molecule is O=C(CN1CCCCCCC1=O)NCCCN1CCNCC1. The summed E-state index contributed by atoms with van der Waals surface area (Å²) in [6.45, 7) is 6.99. The molecule has 2 fully saturated rings. The number of hydrogen-bond acceptors (Lipinski definition) is 4. The van der Waals surface area contributed by atoms with Crippen LogP contribution in [-0.4, -0.2) is 74.0 Å². The molecule has 0 aromatic carbocycles. The summed E-state index contributed by atoms with van der Waals surface area (Å²) in [6.07, 6.45) is 5.84. The molecule has 2 aliphatic rings. The molecule has 0 spiro atoms. The Bertz CT molecular complexity index is 356. The summed E-state index contributed by atoms with van der Waals surface area (Å²) in [6, 6.07) is 0. The molecule has 0 saturated carbocycles. The Balaban J connectivity index is 1.58. The maximum atomic E-state index is 12.0. The van der Waals surface area contributed by atoms with Gasteiger partial charge in [0, 0.05) is 45.7 Å². The van der Waals surface area contributed by atoms with E-state index in [-0.39, 0.29) is 18.4 Å². The third kappa shape index (κ3) is 6.32. The largest absolute Gasteiger partial charge is 0.355 e. The second-order valence-electron chi connectivity index (χ2n) is 6.27. The van der Waals surface area contributed by atoms with Crippen molar-refractivity contribution in [2.45, 2.75) is 38.5 Å². The average Bonchev–Trinajstić information content (AvgIpc) is 2.52. The number of amides is 2. The quantitative estimate of drug-likeness (QED) is 0.688. The van der Waals surface area contributed by atoms with Crippen molar-refractivity contribution in [3.8, 4) is 0 Å². The van der Waals surface area contributed by atoms with Crippen molar-refractivity contribution < 1.29 is 9.59 Å². The van der Waals surface area contributed by atoms with E-state index in [0.717, 1.165) is 71.4 Å². The Hall–Kier alpha value is -1.14. The van der Waals surface area contributed by atoms with E-state index in [1.165, 1.54) is 0 Å². The minimum atomic E-state index is -0.0192. The van der Waals surface area contributed by atoms with Crippen LogP contribution in [0.2, 0.25) is 0 Å². The number of nitrogens with one attached hydrogen (secondary N) is 2. The number of carbonyl (C=O) groups is 2. The highest BCUT2D eigenvalue weighted by Crippen LogP contribution is 2.11. The first-order valence-corrected chi connectivity index (χ1v) is 8.73. The van der Waals surface area contributed by atoms with Crippen molar-refractivity contribution in [2.24, 2.45) is 0 Å². The second kappa shape index (κ2) is 9.79. The van der Waals surface area contributed by atoms with E-state index in [0.29, 0.717) is 13.0 Å². The summed E-state index contributed by atoms with van der Waals surface area (Å²) in [5.74, 6) is 0.116. The molecule has 2 rings (SSSR count). The summed E-state index contributed by atoms with van der Waals surface area (Å²) in [5.41, 5.74) is 0. The van der Waals surface area contributed by atoms with E-state index < -0.39 is 0 Å². The maximum absolute atomic E-state index is 12.0. The van der Waals surface area contributed by atoms with Crippen LogP contribution in [-0.2, 0) is 9.59 Å². The zero-order valence-electron chi connectivity index (χ0n) is 13.6. The van der Waals surface area contributed by atoms with Gasteiger partial charge in [-0.2, -0.15) is 0 Å². The van der Waals surface area contributed by atoms with E-state index >= 15 is 0 Å². The van der Waals surface area contributed by atoms with Crippen molar-refractivity contribution in [2.75, 3.05) is 52.4 Å². The van der Waals surface area contributed by atoms with E-state index in [4.69, 9.17) is 0 Å². The Labute approximate surface area is 133 Å². The highest BCUT2D eigenvalue weighted by molar-refractivity contribution is 5.84. The van der Waals surface area contributed by atoms with Gasteiger partial charge in [-0.15, -0.1) is 0 Å². The topological polar surface area (TPSA) is 64.7 Å². The summed E-state index contributed by atoms with van der Waals surface area (Å²) < 4.78 is 0. The van der Waals surface area contributed by atoms with Gasteiger partial charge < -0.3 is 20.4 Å². The molecular formula is C16H30N4O2. The molecule has 2 amide bonds.